The normalized spacial score (nSPS) is 16.8. The van der Waals surface area contributed by atoms with E-state index in [9.17, 15) is 0 Å². The lowest BCUT2D eigenvalue weighted by Crippen LogP contribution is -2.34. The van der Waals surface area contributed by atoms with Gasteiger partial charge in [-0.3, -0.25) is 10.4 Å². The Hall–Kier alpha value is -2.80. The summed E-state index contributed by atoms with van der Waals surface area (Å²) in [5.41, 5.74) is 5.47. The van der Waals surface area contributed by atoms with Gasteiger partial charge in [0.05, 0.1) is 5.69 Å². The molecule has 6 nitrogen and oxygen atoms in total. The van der Waals surface area contributed by atoms with Gasteiger partial charge < -0.3 is 14.8 Å². The van der Waals surface area contributed by atoms with E-state index in [4.69, 9.17) is 21.7 Å². The molecule has 1 saturated heterocycles. The highest BCUT2D eigenvalue weighted by molar-refractivity contribution is 7.80. The number of aliphatic imine (C=N–C) groups is 1. The van der Waals surface area contributed by atoms with Crippen LogP contribution in [0.25, 0.3) is 0 Å². The number of nitrogens with zero attached hydrogens (tertiary/aromatic N) is 2. The first-order chi connectivity index (χ1) is 12.3. The summed E-state index contributed by atoms with van der Waals surface area (Å²) < 4.78 is 10.7. The van der Waals surface area contributed by atoms with E-state index in [1.165, 1.54) is 0 Å². The fourth-order valence-electron chi connectivity index (χ4n) is 2.76. The summed E-state index contributed by atoms with van der Waals surface area (Å²) >= 11 is 5.33. The van der Waals surface area contributed by atoms with Crippen LogP contribution in [0, 0.1) is 0 Å². The molecule has 2 N–H and O–H groups in total. The second-order valence-electron chi connectivity index (χ2n) is 5.75. The van der Waals surface area contributed by atoms with E-state index >= 15 is 0 Å². The highest BCUT2D eigenvalue weighted by Crippen LogP contribution is 2.32. The van der Waals surface area contributed by atoms with Gasteiger partial charge in [0.1, 0.15) is 5.84 Å². The minimum Gasteiger partial charge on any atom is -0.454 e. The second-order valence-corrected chi connectivity index (χ2v) is 6.14. The van der Waals surface area contributed by atoms with E-state index in [2.05, 4.69) is 32.9 Å². The van der Waals surface area contributed by atoms with E-state index in [1.807, 2.05) is 36.4 Å². The molecule has 0 saturated carbocycles. The zero-order chi connectivity index (χ0) is 17.1. The molecule has 0 atom stereocenters. The number of para-hydroxylation sites is 1. The number of ether oxygens (including phenoxy) is 2. The molecule has 2 aromatic carbocycles. The minimum absolute atomic E-state index is 0.280. The Bertz CT molecular complexity index is 810. The van der Waals surface area contributed by atoms with Crippen LogP contribution in [0.4, 0.5) is 5.69 Å². The van der Waals surface area contributed by atoms with E-state index in [1.54, 1.807) is 0 Å². The average Bonchev–Trinajstić information content (AvgIpc) is 3.29. The van der Waals surface area contributed by atoms with Crippen molar-refractivity contribution in [2.45, 2.75) is 13.0 Å². The number of amidine groups is 1. The number of hydrogen-bond donors (Lipinski definition) is 2. The molecular weight excluding hydrogens is 336 g/mol. The molecule has 0 aliphatic carbocycles. The van der Waals surface area contributed by atoms with Crippen LogP contribution in [0.3, 0.4) is 0 Å². The summed E-state index contributed by atoms with van der Waals surface area (Å²) in [6, 6.07) is 16.0. The van der Waals surface area contributed by atoms with Crippen molar-refractivity contribution in [2.75, 3.05) is 18.3 Å². The number of nitrogens with one attached hydrogen (secondary N) is 2. The van der Waals surface area contributed by atoms with Gasteiger partial charge in [-0.1, -0.05) is 24.3 Å². The largest absolute Gasteiger partial charge is 0.454 e. The van der Waals surface area contributed by atoms with E-state index in [0.29, 0.717) is 11.7 Å². The lowest BCUT2D eigenvalue weighted by molar-refractivity contribution is 0.174. The van der Waals surface area contributed by atoms with Crippen LogP contribution in [-0.4, -0.2) is 24.3 Å². The van der Waals surface area contributed by atoms with Crippen LogP contribution < -0.4 is 25.2 Å². The van der Waals surface area contributed by atoms with Crippen molar-refractivity contribution < 1.29 is 9.47 Å². The highest BCUT2D eigenvalue weighted by atomic mass is 32.1. The van der Waals surface area contributed by atoms with Crippen LogP contribution in [0.5, 0.6) is 11.5 Å². The third-order valence-corrected chi connectivity index (χ3v) is 4.26. The van der Waals surface area contributed by atoms with Crippen LogP contribution in [0.1, 0.15) is 12.0 Å². The second kappa shape index (κ2) is 6.98. The maximum Gasteiger partial charge on any atom is 0.231 e. The number of hydrazine groups is 1. The maximum atomic E-state index is 5.38. The smallest absolute Gasteiger partial charge is 0.231 e. The van der Waals surface area contributed by atoms with Gasteiger partial charge in [0.15, 0.2) is 16.6 Å². The Morgan fingerprint density at radius 2 is 2.00 bits per heavy atom. The van der Waals surface area contributed by atoms with Gasteiger partial charge in [0.2, 0.25) is 6.79 Å². The predicted octanol–water partition coefficient (Wildman–Crippen LogP) is 2.60. The van der Waals surface area contributed by atoms with Crippen molar-refractivity contribution >= 4 is 28.9 Å². The van der Waals surface area contributed by atoms with Crippen molar-refractivity contribution in [1.82, 2.24) is 10.7 Å². The summed E-state index contributed by atoms with van der Waals surface area (Å²) in [5, 5.41) is 5.70. The van der Waals surface area contributed by atoms with E-state index < -0.39 is 0 Å². The van der Waals surface area contributed by atoms with E-state index in [-0.39, 0.29) is 6.79 Å². The Kier molecular flexibility index (Phi) is 4.39. The Morgan fingerprint density at radius 1 is 1.16 bits per heavy atom. The molecular formula is C18H18N4O2S. The van der Waals surface area contributed by atoms with Gasteiger partial charge in [-0.15, -0.1) is 0 Å². The van der Waals surface area contributed by atoms with Crippen molar-refractivity contribution in [3.8, 4) is 11.5 Å². The standard InChI is InChI=1S/C18H18N4O2S/c25-18(19-11-13-6-7-15-16(10-13)24-12-23-15)20-17-8-9-22(21-17)14-4-2-1-3-5-14/h1-7,10H,8-9,11-12H2,(H2,19,20,21,25). The van der Waals surface area contributed by atoms with Gasteiger partial charge in [-0.2, -0.15) is 0 Å². The number of anilines is 1. The van der Waals surface area contributed by atoms with Gasteiger partial charge in [-0.05, 0) is 42.0 Å². The van der Waals surface area contributed by atoms with Gasteiger partial charge >= 0.3 is 0 Å². The number of rotatable bonds is 3. The number of benzene rings is 2. The SMILES string of the molecule is S=C(/N=C1/CCN(c2ccccc2)N1)NCc1ccc2c(c1)OCO2. The van der Waals surface area contributed by atoms with Crippen molar-refractivity contribution in [3.63, 3.8) is 0 Å². The lowest BCUT2D eigenvalue weighted by atomic mass is 10.2. The summed E-state index contributed by atoms with van der Waals surface area (Å²) in [5.74, 6) is 2.42. The molecule has 2 aliphatic heterocycles. The molecule has 2 heterocycles. The molecule has 25 heavy (non-hydrogen) atoms. The number of hydrogen-bond acceptors (Lipinski definition) is 4. The number of fused-ring (bicyclic) bond motifs is 1. The van der Waals surface area contributed by atoms with Gasteiger partial charge in [0.25, 0.3) is 0 Å². The monoisotopic (exact) mass is 354 g/mol. The fraction of sp³-hybridized carbons (Fsp3) is 0.222. The molecule has 0 unspecified atom stereocenters. The first-order valence-corrected chi connectivity index (χ1v) is 8.52. The zero-order valence-corrected chi connectivity index (χ0v) is 14.4. The first kappa shape index (κ1) is 15.7. The predicted molar refractivity (Wildman–Crippen MR) is 101 cm³/mol. The third kappa shape index (κ3) is 3.66. The topological polar surface area (TPSA) is 58.1 Å². The van der Waals surface area contributed by atoms with Crippen molar-refractivity contribution in [1.29, 1.82) is 0 Å². The molecule has 0 aromatic heterocycles. The molecule has 0 amide bonds. The zero-order valence-electron chi connectivity index (χ0n) is 13.6. The molecule has 7 heteroatoms. The van der Waals surface area contributed by atoms with Crippen LogP contribution in [0.2, 0.25) is 0 Å². The van der Waals surface area contributed by atoms with Gasteiger partial charge in [0, 0.05) is 19.5 Å². The molecule has 0 radical (unpaired) electrons. The number of thiocarbonyl (C=S) groups is 1. The highest BCUT2D eigenvalue weighted by Gasteiger charge is 2.17. The fourth-order valence-corrected chi connectivity index (χ4v) is 2.94. The van der Waals surface area contributed by atoms with Crippen LogP contribution in [0.15, 0.2) is 53.5 Å². The van der Waals surface area contributed by atoms with Crippen LogP contribution >= 0.6 is 12.2 Å². The summed E-state index contributed by atoms with van der Waals surface area (Å²) in [6.45, 7) is 1.74. The third-order valence-electron chi connectivity index (χ3n) is 4.02. The maximum absolute atomic E-state index is 5.38. The molecule has 0 spiro atoms. The molecule has 2 aliphatic rings. The average molecular weight is 354 g/mol. The summed E-state index contributed by atoms with van der Waals surface area (Å²) in [6.07, 6.45) is 0.834. The molecule has 2 aromatic rings. The van der Waals surface area contributed by atoms with E-state index in [0.717, 1.165) is 41.6 Å². The molecule has 1 fully saturated rings. The lowest BCUT2D eigenvalue weighted by Gasteiger charge is -2.17. The first-order valence-electron chi connectivity index (χ1n) is 8.11. The molecule has 0 bridgehead atoms. The van der Waals surface area contributed by atoms with Crippen LogP contribution in [-0.2, 0) is 6.54 Å². The van der Waals surface area contributed by atoms with Gasteiger partial charge in [-0.25, -0.2) is 4.99 Å². The quantitative estimate of drug-likeness (QED) is 0.827. The summed E-state index contributed by atoms with van der Waals surface area (Å²) in [4.78, 5) is 4.47. The molecule has 4 rings (SSSR count). The molecule has 128 valence electrons. The Balaban J connectivity index is 1.32. The Morgan fingerprint density at radius 3 is 2.88 bits per heavy atom. The van der Waals surface area contributed by atoms with Crippen molar-refractivity contribution in [3.05, 3.63) is 54.1 Å². The minimum atomic E-state index is 0.280. The van der Waals surface area contributed by atoms with Crippen molar-refractivity contribution in [2.24, 2.45) is 4.99 Å². The summed E-state index contributed by atoms with van der Waals surface area (Å²) in [7, 11) is 0. The Labute approximate surface area is 151 Å².